The Morgan fingerprint density at radius 2 is 1.83 bits per heavy atom. The van der Waals surface area contributed by atoms with Gasteiger partial charge in [-0.2, -0.15) is 0 Å². The first-order valence-corrected chi connectivity index (χ1v) is 5.02. The van der Waals surface area contributed by atoms with Gasteiger partial charge in [0.15, 0.2) is 0 Å². The molecule has 0 atom stereocenters. The van der Waals surface area contributed by atoms with Crippen molar-refractivity contribution in [1.29, 1.82) is 0 Å². The van der Waals surface area contributed by atoms with Crippen LogP contribution in [0, 0.1) is 0 Å². The van der Waals surface area contributed by atoms with E-state index in [9.17, 15) is 14.4 Å². The number of nitrogens with zero attached hydrogens (tertiary/aromatic N) is 1. The van der Waals surface area contributed by atoms with Gasteiger partial charge in [-0.25, -0.2) is 9.69 Å². The largest absolute Gasteiger partial charge is 0.497 e. The lowest BCUT2D eigenvalue weighted by molar-refractivity contribution is -0.119. The topological polar surface area (TPSA) is 83.9 Å². The fourth-order valence-electron chi connectivity index (χ4n) is 1.65. The molecular weight excluding hydrogens is 238 g/mol. The highest BCUT2D eigenvalue weighted by Gasteiger charge is 2.29. The molecule has 0 fully saturated rings. The molecule has 1 aromatic rings. The van der Waals surface area contributed by atoms with Crippen molar-refractivity contribution >= 4 is 23.5 Å². The molecule has 1 aliphatic heterocycles. The quantitative estimate of drug-likeness (QED) is 0.799. The predicted octanol–water partition coefficient (Wildman–Crippen LogP) is 0.823. The van der Waals surface area contributed by atoms with E-state index < -0.39 is 17.8 Å². The number of hydrogen-bond acceptors (Lipinski definition) is 4. The van der Waals surface area contributed by atoms with Crippen molar-refractivity contribution in [1.82, 2.24) is 0 Å². The first-order valence-electron chi connectivity index (χ1n) is 5.02. The summed E-state index contributed by atoms with van der Waals surface area (Å²) < 4.78 is 4.91. The second kappa shape index (κ2) is 4.33. The minimum absolute atomic E-state index is 0.0308. The molecule has 0 radical (unpaired) electrons. The van der Waals surface area contributed by atoms with Crippen LogP contribution in [0.25, 0.3) is 0 Å². The Labute approximate surface area is 102 Å². The molecule has 0 spiro atoms. The molecule has 1 aliphatic rings. The van der Waals surface area contributed by atoms with E-state index >= 15 is 0 Å². The zero-order valence-electron chi connectivity index (χ0n) is 9.41. The van der Waals surface area contributed by atoms with Crippen LogP contribution in [0.1, 0.15) is 10.4 Å². The van der Waals surface area contributed by atoms with Gasteiger partial charge in [-0.05, 0) is 18.2 Å². The number of methoxy groups -OCH3 is 1. The normalized spacial score (nSPS) is 14.2. The van der Waals surface area contributed by atoms with Crippen LogP contribution in [-0.2, 0) is 9.59 Å². The Morgan fingerprint density at radius 1 is 1.22 bits per heavy atom. The molecule has 2 rings (SSSR count). The first kappa shape index (κ1) is 11.8. The van der Waals surface area contributed by atoms with E-state index in [-0.39, 0.29) is 11.3 Å². The summed E-state index contributed by atoms with van der Waals surface area (Å²) in [6.45, 7) is 0. The molecule has 2 amide bonds. The maximum absolute atomic E-state index is 11.5. The third-order valence-corrected chi connectivity index (χ3v) is 2.48. The molecule has 1 N–H and O–H groups in total. The van der Waals surface area contributed by atoms with E-state index in [0.29, 0.717) is 5.75 Å². The van der Waals surface area contributed by atoms with Crippen molar-refractivity contribution in [2.24, 2.45) is 0 Å². The van der Waals surface area contributed by atoms with Crippen LogP contribution in [0.5, 0.6) is 5.75 Å². The molecule has 0 saturated carbocycles. The monoisotopic (exact) mass is 247 g/mol. The molecule has 0 saturated heterocycles. The van der Waals surface area contributed by atoms with Crippen LogP contribution in [0.4, 0.5) is 5.69 Å². The zero-order valence-corrected chi connectivity index (χ0v) is 9.41. The van der Waals surface area contributed by atoms with E-state index in [1.165, 1.54) is 25.3 Å². The summed E-state index contributed by atoms with van der Waals surface area (Å²) >= 11 is 0. The predicted molar refractivity (Wildman–Crippen MR) is 61.6 cm³/mol. The minimum atomic E-state index is -1.24. The number of benzene rings is 1. The van der Waals surface area contributed by atoms with Crippen LogP contribution in [0.15, 0.2) is 30.4 Å². The minimum Gasteiger partial charge on any atom is -0.497 e. The third kappa shape index (κ3) is 1.84. The maximum Gasteiger partial charge on any atom is 0.337 e. The second-order valence-electron chi connectivity index (χ2n) is 3.53. The number of ether oxygens (including phenoxy) is 1. The number of rotatable bonds is 3. The van der Waals surface area contributed by atoms with Crippen molar-refractivity contribution in [2.75, 3.05) is 12.0 Å². The number of aromatic carboxylic acids is 1. The SMILES string of the molecule is COc1ccc(N2C(=O)C=CC2=O)c(C(=O)O)c1. The number of carbonyl (C=O) groups excluding carboxylic acids is 2. The van der Waals surface area contributed by atoms with Crippen LogP contribution < -0.4 is 9.64 Å². The summed E-state index contributed by atoms with van der Waals surface area (Å²) in [7, 11) is 1.40. The average Bonchev–Trinajstić information content (AvgIpc) is 2.68. The van der Waals surface area contributed by atoms with Gasteiger partial charge in [0, 0.05) is 12.2 Å². The van der Waals surface area contributed by atoms with Crippen LogP contribution in [-0.4, -0.2) is 30.0 Å². The van der Waals surface area contributed by atoms with Gasteiger partial charge in [0.1, 0.15) is 5.75 Å². The molecule has 0 bridgehead atoms. The number of carbonyl (C=O) groups is 3. The molecule has 18 heavy (non-hydrogen) atoms. The third-order valence-electron chi connectivity index (χ3n) is 2.48. The van der Waals surface area contributed by atoms with Gasteiger partial charge in [0.05, 0.1) is 18.4 Å². The van der Waals surface area contributed by atoms with Gasteiger partial charge >= 0.3 is 5.97 Å². The van der Waals surface area contributed by atoms with E-state index in [4.69, 9.17) is 9.84 Å². The summed E-state index contributed by atoms with van der Waals surface area (Å²) in [4.78, 5) is 35.0. The lowest BCUT2D eigenvalue weighted by atomic mass is 10.1. The summed E-state index contributed by atoms with van der Waals surface area (Å²) in [6.07, 6.45) is 2.19. The Morgan fingerprint density at radius 3 is 2.33 bits per heavy atom. The molecule has 0 aliphatic carbocycles. The molecule has 6 heteroatoms. The fraction of sp³-hybridized carbons (Fsp3) is 0.0833. The van der Waals surface area contributed by atoms with Crippen molar-refractivity contribution in [3.05, 3.63) is 35.9 Å². The Balaban J connectivity index is 2.54. The fourth-order valence-corrected chi connectivity index (χ4v) is 1.65. The highest BCUT2D eigenvalue weighted by molar-refractivity contribution is 6.29. The number of hydrogen-bond donors (Lipinski definition) is 1. The Bertz CT molecular complexity index is 558. The molecule has 6 nitrogen and oxygen atoms in total. The summed E-state index contributed by atoms with van der Waals surface area (Å²) in [6, 6.07) is 4.11. The maximum atomic E-state index is 11.5. The van der Waals surface area contributed by atoms with Crippen molar-refractivity contribution in [2.45, 2.75) is 0 Å². The lowest BCUT2D eigenvalue weighted by Crippen LogP contribution is -2.31. The molecule has 92 valence electrons. The van der Waals surface area contributed by atoms with Gasteiger partial charge < -0.3 is 9.84 Å². The van der Waals surface area contributed by atoms with Gasteiger partial charge in [-0.3, -0.25) is 9.59 Å². The second-order valence-corrected chi connectivity index (χ2v) is 3.53. The molecule has 1 heterocycles. The zero-order chi connectivity index (χ0) is 13.3. The molecule has 0 unspecified atom stereocenters. The molecule has 1 aromatic carbocycles. The van der Waals surface area contributed by atoms with E-state index in [2.05, 4.69) is 0 Å². The number of anilines is 1. The number of amides is 2. The van der Waals surface area contributed by atoms with Crippen LogP contribution >= 0.6 is 0 Å². The lowest BCUT2D eigenvalue weighted by Gasteiger charge is -2.16. The standard InChI is InChI=1S/C12H9NO5/c1-18-7-2-3-9(8(6-7)12(16)17)13-10(14)4-5-11(13)15/h2-6H,1H3,(H,16,17). The first-order chi connectivity index (χ1) is 8.54. The van der Waals surface area contributed by atoms with Crippen molar-refractivity contribution in [3.63, 3.8) is 0 Å². The van der Waals surface area contributed by atoms with E-state index in [0.717, 1.165) is 17.1 Å². The number of carboxylic acids is 1. The molecular formula is C12H9NO5. The van der Waals surface area contributed by atoms with Crippen molar-refractivity contribution < 1.29 is 24.2 Å². The van der Waals surface area contributed by atoms with Gasteiger partial charge in [-0.15, -0.1) is 0 Å². The Hall–Kier alpha value is -2.63. The van der Waals surface area contributed by atoms with E-state index in [1.54, 1.807) is 0 Å². The smallest absolute Gasteiger partial charge is 0.337 e. The highest BCUT2D eigenvalue weighted by atomic mass is 16.5. The van der Waals surface area contributed by atoms with Gasteiger partial charge in [0.25, 0.3) is 11.8 Å². The summed E-state index contributed by atoms with van der Waals surface area (Å²) in [5, 5.41) is 9.09. The van der Waals surface area contributed by atoms with Gasteiger partial charge in [0.2, 0.25) is 0 Å². The van der Waals surface area contributed by atoms with Crippen molar-refractivity contribution in [3.8, 4) is 5.75 Å². The highest BCUT2D eigenvalue weighted by Crippen LogP contribution is 2.27. The van der Waals surface area contributed by atoms with Crippen LogP contribution in [0.2, 0.25) is 0 Å². The molecule has 0 aromatic heterocycles. The van der Waals surface area contributed by atoms with E-state index in [1.807, 2.05) is 0 Å². The number of imide groups is 1. The summed E-state index contributed by atoms with van der Waals surface area (Å²) in [5.74, 6) is -2.03. The summed E-state index contributed by atoms with van der Waals surface area (Å²) in [5.41, 5.74) is -0.136. The average molecular weight is 247 g/mol. The van der Waals surface area contributed by atoms with Gasteiger partial charge in [-0.1, -0.05) is 0 Å². The Kier molecular flexibility index (Phi) is 2.85. The van der Waals surface area contributed by atoms with Crippen LogP contribution in [0.3, 0.4) is 0 Å². The number of carboxylic acid groups (broad SMARTS) is 1.